The van der Waals surface area contributed by atoms with Gasteiger partial charge in [0.1, 0.15) is 28.4 Å². The molecule has 202 valence electrons. The Morgan fingerprint density at radius 2 is 1.32 bits per heavy atom. The Kier molecular flexibility index (Phi) is 6.41. The fourth-order valence-corrected chi connectivity index (χ4v) is 3.85. The Morgan fingerprint density at radius 3 is 1.85 bits per heavy atom. The molecule has 0 bridgehead atoms. The number of nitrogens with two attached hydrogens (primary N) is 1. The molecule has 6 aromatic rings. The molecule has 1 aromatic carbocycles. The molecule has 7 N–H and O–H groups in total. The smallest absolute Gasteiger partial charge is 0.328 e. The normalized spacial score (nSPS) is 11.2. The minimum atomic E-state index is -0.610. The van der Waals surface area contributed by atoms with Crippen molar-refractivity contribution in [2.24, 2.45) is 5.84 Å². The van der Waals surface area contributed by atoms with Gasteiger partial charge in [-0.2, -0.15) is 33.7 Å². The molecule has 0 atom stereocenters. The first kappa shape index (κ1) is 24.8. The van der Waals surface area contributed by atoms with E-state index in [1.807, 2.05) is 13.0 Å². The van der Waals surface area contributed by atoms with Gasteiger partial charge in [0.25, 0.3) is 0 Å². The summed E-state index contributed by atoms with van der Waals surface area (Å²) >= 11 is 0. The zero-order valence-electron chi connectivity index (χ0n) is 20.8. The largest absolute Gasteiger partial charge is 0.424 e. The van der Waals surface area contributed by atoms with Crippen LogP contribution in [0.3, 0.4) is 0 Å². The van der Waals surface area contributed by atoms with Crippen LogP contribution in [0.25, 0.3) is 22.3 Å². The lowest BCUT2D eigenvalue weighted by Gasteiger charge is -2.12. The highest BCUT2D eigenvalue weighted by molar-refractivity contribution is 5.70. The molecule has 40 heavy (non-hydrogen) atoms. The number of fused-ring (bicyclic) bond motifs is 2. The lowest BCUT2D eigenvalue weighted by molar-refractivity contribution is 0.438. The monoisotopic (exact) mass is 545 g/mol. The van der Waals surface area contributed by atoms with Gasteiger partial charge in [-0.25, -0.2) is 9.97 Å². The second-order valence-corrected chi connectivity index (χ2v) is 8.57. The number of nitrogens with one attached hydrogen (secondary N) is 5. The molecule has 0 saturated heterocycles. The third kappa shape index (κ3) is 5.37. The standard InChI is InChI=1S/C24H21F2N13O/c1-11-8-12(39-27)2-5-15(11)40-24-37-22(28-9-18-30-13-3-6-16(25)32-20(13)34-18)36-23(38-24)29-10-19-31-14-4-7-17(26)33-21(14)35-19/h2-8,39H,9-10,27H2,1H3,(H,30,32,34)(H,31,33,35)(H2,28,29,36,37,38). The summed E-state index contributed by atoms with van der Waals surface area (Å²) in [5.74, 6) is 6.13. The van der Waals surface area contributed by atoms with Crippen molar-refractivity contribution < 1.29 is 13.5 Å². The van der Waals surface area contributed by atoms with Gasteiger partial charge in [-0.05, 0) is 55.0 Å². The molecular weight excluding hydrogens is 524 g/mol. The number of hydrazine groups is 1. The number of ether oxygens (including phenoxy) is 1. The fourth-order valence-electron chi connectivity index (χ4n) is 3.85. The van der Waals surface area contributed by atoms with Gasteiger partial charge in [0.05, 0.1) is 13.1 Å². The third-order valence-electron chi connectivity index (χ3n) is 5.70. The molecular formula is C24H21F2N13O. The van der Waals surface area contributed by atoms with Crippen LogP contribution in [0, 0.1) is 18.8 Å². The Bertz CT molecular complexity index is 1740. The van der Waals surface area contributed by atoms with E-state index in [0.717, 1.165) is 5.56 Å². The van der Waals surface area contributed by atoms with Crippen LogP contribution in [0.15, 0.2) is 42.5 Å². The van der Waals surface area contributed by atoms with Crippen molar-refractivity contribution in [3.8, 4) is 11.8 Å². The van der Waals surface area contributed by atoms with Gasteiger partial charge in [-0.1, -0.05) is 0 Å². The van der Waals surface area contributed by atoms with E-state index in [4.69, 9.17) is 10.6 Å². The molecule has 0 unspecified atom stereocenters. The third-order valence-corrected chi connectivity index (χ3v) is 5.70. The lowest BCUT2D eigenvalue weighted by Crippen LogP contribution is -2.11. The first-order valence-electron chi connectivity index (χ1n) is 11.9. The molecule has 16 heteroatoms. The predicted molar refractivity (Wildman–Crippen MR) is 141 cm³/mol. The van der Waals surface area contributed by atoms with Crippen molar-refractivity contribution in [2.45, 2.75) is 20.0 Å². The van der Waals surface area contributed by atoms with Gasteiger partial charge in [0.2, 0.25) is 23.8 Å². The van der Waals surface area contributed by atoms with E-state index in [1.165, 1.54) is 24.3 Å². The first-order valence-corrected chi connectivity index (χ1v) is 11.9. The van der Waals surface area contributed by atoms with Gasteiger partial charge in [0.15, 0.2) is 11.3 Å². The molecule has 0 aliphatic carbocycles. The molecule has 14 nitrogen and oxygen atoms in total. The highest BCUT2D eigenvalue weighted by Gasteiger charge is 2.13. The Balaban J connectivity index is 1.25. The molecule has 0 spiro atoms. The number of imidazole rings is 2. The number of H-pyrrole nitrogens is 2. The second kappa shape index (κ2) is 10.3. The summed E-state index contributed by atoms with van der Waals surface area (Å²) in [4.78, 5) is 35.4. The average Bonchev–Trinajstić information content (AvgIpc) is 3.54. The van der Waals surface area contributed by atoms with Crippen molar-refractivity contribution in [1.29, 1.82) is 0 Å². The number of benzene rings is 1. The van der Waals surface area contributed by atoms with Crippen molar-refractivity contribution in [3.63, 3.8) is 0 Å². The molecule has 0 radical (unpaired) electrons. The van der Waals surface area contributed by atoms with Crippen LogP contribution >= 0.6 is 0 Å². The van der Waals surface area contributed by atoms with E-state index in [-0.39, 0.29) is 31.0 Å². The number of hydrogen-bond donors (Lipinski definition) is 6. The van der Waals surface area contributed by atoms with E-state index >= 15 is 0 Å². The number of pyridine rings is 2. The van der Waals surface area contributed by atoms with Crippen molar-refractivity contribution in [2.75, 3.05) is 16.1 Å². The maximum absolute atomic E-state index is 13.4. The maximum Gasteiger partial charge on any atom is 0.328 e. The number of aryl methyl sites for hydroxylation is 1. The number of hydrogen-bond acceptors (Lipinski definition) is 12. The molecule has 0 aliphatic heterocycles. The molecule has 5 heterocycles. The van der Waals surface area contributed by atoms with Crippen molar-refractivity contribution in [1.82, 2.24) is 44.9 Å². The van der Waals surface area contributed by atoms with Gasteiger partial charge >= 0.3 is 6.01 Å². The topological polar surface area (TPSA) is 193 Å². The fraction of sp³-hybridized carbons (Fsp3) is 0.125. The van der Waals surface area contributed by atoms with Crippen LogP contribution in [0.5, 0.6) is 11.8 Å². The first-order chi connectivity index (χ1) is 19.4. The highest BCUT2D eigenvalue weighted by Crippen LogP contribution is 2.26. The van der Waals surface area contributed by atoms with Gasteiger partial charge < -0.3 is 30.8 Å². The lowest BCUT2D eigenvalue weighted by atomic mass is 10.2. The molecule has 6 rings (SSSR count). The Labute approximate surface area is 223 Å². The molecule has 0 amide bonds. The van der Waals surface area contributed by atoms with Gasteiger partial charge in [0, 0.05) is 5.69 Å². The summed E-state index contributed by atoms with van der Waals surface area (Å²) in [6, 6.07) is 10.8. The van der Waals surface area contributed by atoms with Crippen LogP contribution in [0.4, 0.5) is 26.4 Å². The zero-order valence-corrected chi connectivity index (χ0v) is 20.8. The summed E-state index contributed by atoms with van der Waals surface area (Å²) < 4.78 is 32.9. The molecule has 5 aromatic heterocycles. The van der Waals surface area contributed by atoms with Crippen LogP contribution in [-0.2, 0) is 13.1 Å². The van der Waals surface area contributed by atoms with Crippen LogP contribution in [0.1, 0.15) is 17.2 Å². The quantitative estimate of drug-likeness (QED) is 0.0883. The number of aromatic amines is 2. The van der Waals surface area contributed by atoms with Crippen molar-refractivity contribution >= 4 is 39.9 Å². The number of halogens is 2. The Hall–Kier alpha value is -5.51. The second-order valence-electron chi connectivity index (χ2n) is 8.57. The predicted octanol–water partition coefficient (Wildman–Crippen LogP) is 3.30. The molecule has 0 fully saturated rings. The number of nitrogen functional groups attached to an aromatic ring is 1. The minimum Gasteiger partial charge on any atom is -0.424 e. The SMILES string of the molecule is Cc1cc(NN)ccc1Oc1nc(NCc2nc3ccc(F)nc3[nH]2)nc(NCc2nc3ccc(F)nc3[nH]2)n1. The summed E-state index contributed by atoms with van der Waals surface area (Å²) in [7, 11) is 0. The molecule has 0 aliphatic rings. The zero-order chi connectivity index (χ0) is 27.6. The average molecular weight is 546 g/mol. The number of rotatable bonds is 9. The minimum absolute atomic E-state index is 0.0123. The number of anilines is 3. The van der Waals surface area contributed by atoms with E-state index in [2.05, 4.69) is 60.9 Å². The van der Waals surface area contributed by atoms with E-state index < -0.39 is 11.9 Å². The van der Waals surface area contributed by atoms with Crippen LogP contribution in [-0.4, -0.2) is 44.9 Å². The van der Waals surface area contributed by atoms with E-state index in [9.17, 15) is 8.78 Å². The number of aromatic nitrogens is 9. The molecule has 0 saturated carbocycles. The van der Waals surface area contributed by atoms with Gasteiger partial charge in [-0.3, -0.25) is 5.84 Å². The van der Waals surface area contributed by atoms with E-state index in [0.29, 0.717) is 45.4 Å². The summed E-state index contributed by atoms with van der Waals surface area (Å²) in [6.07, 6.45) is 0. The highest BCUT2D eigenvalue weighted by atomic mass is 19.1. The van der Waals surface area contributed by atoms with Crippen LogP contribution < -0.4 is 26.6 Å². The van der Waals surface area contributed by atoms with E-state index in [1.54, 1.807) is 12.1 Å². The van der Waals surface area contributed by atoms with Crippen LogP contribution in [0.2, 0.25) is 0 Å². The van der Waals surface area contributed by atoms with Gasteiger partial charge in [-0.15, -0.1) is 0 Å². The summed E-state index contributed by atoms with van der Waals surface area (Å²) in [5.41, 5.74) is 5.78. The van der Waals surface area contributed by atoms with Crippen molar-refractivity contribution in [3.05, 3.63) is 71.6 Å². The summed E-state index contributed by atoms with van der Waals surface area (Å²) in [5, 5.41) is 6.13. The number of nitrogens with zero attached hydrogens (tertiary/aromatic N) is 7. The Morgan fingerprint density at radius 1 is 0.750 bits per heavy atom. The maximum atomic E-state index is 13.4. The summed E-state index contributed by atoms with van der Waals surface area (Å²) in [6.45, 7) is 2.21.